The minimum Gasteiger partial charge on any atom is -0.372 e. The average molecular weight is 646 g/mol. The predicted octanol–water partition coefficient (Wildman–Crippen LogP) is 5.93. The van der Waals surface area contributed by atoms with Crippen LogP contribution in [0.5, 0.6) is 0 Å². The highest BCUT2D eigenvalue weighted by molar-refractivity contribution is 9.10. The second kappa shape index (κ2) is 13.8. The fraction of sp³-hybridized carbons (Fsp3) is 0.559. The molecule has 4 aliphatic rings. The van der Waals surface area contributed by atoms with Gasteiger partial charge in [-0.15, -0.1) is 0 Å². The zero-order valence-corrected chi connectivity index (χ0v) is 27.2. The molecule has 0 amide bonds. The quantitative estimate of drug-likeness (QED) is 0.337. The third kappa shape index (κ3) is 7.42. The van der Waals surface area contributed by atoms with Crippen LogP contribution in [0.4, 0.5) is 5.82 Å². The molecule has 0 spiro atoms. The number of piperazine rings is 1. The topological polar surface area (TPSA) is 74.6 Å². The number of allylic oxidation sites excluding steroid dienone is 2. The smallest absolute Gasteiger partial charge is 0.234 e. The number of halogens is 1. The van der Waals surface area contributed by atoms with Crippen LogP contribution in [0, 0.1) is 17.2 Å². The van der Waals surface area contributed by atoms with Crippen molar-refractivity contribution in [1.29, 1.82) is 5.26 Å². The molecule has 2 aromatic rings. The number of hydrazine groups is 1. The predicted molar refractivity (Wildman–Crippen MR) is 176 cm³/mol. The summed E-state index contributed by atoms with van der Waals surface area (Å²) in [5.74, 6) is 1.55. The molecule has 2 saturated carbocycles. The number of hydrogen-bond donors (Lipinski definition) is 1. The molecule has 0 bridgehead atoms. The van der Waals surface area contributed by atoms with Crippen LogP contribution in [0.1, 0.15) is 74.7 Å². The van der Waals surface area contributed by atoms with Crippen molar-refractivity contribution in [2.45, 2.75) is 70.4 Å². The number of piperidine rings is 1. The van der Waals surface area contributed by atoms with Gasteiger partial charge in [0.25, 0.3) is 0 Å². The maximum absolute atomic E-state index is 9.50. The lowest BCUT2D eigenvalue weighted by atomic mass is 9.92. The van der Waals surface area contributed by atoms with Crippen molar-refractivity contribution < 1.29 is 0 Å². The molecule has 0 unspecified atom stereocenters. The zero-order valence-electron chi connectivity index (χ0n) is 25.6. The fourth-order valence-corrected chi connectivity index (χ4v) is 7.21. The SMILES string of the molecule is C=C(C1CCN(Cc2ccc(C(NN(c3nc(C#N)ncc3Br)C3CCCCC3)=C3CC3)cc2)CC1)N1CCN(C)CC1. The van der Waals surface area contributed by atoms with Gasteiger partial charge in [0.2, 0.25) is 5.82 Å². The lowest BCUT2D eigenvalue weighted by molar-refractivity contribution is 0.141. The summed E-state index contributed by atoms with van der Waals surface area (Å²) in [5.41, 5.74) is 10.4. The van der Waals surface area contributed by atoms with Crippen LogP contribution in [0.15, 0.2) is 52.8 Å². The van der Waals surface area contributed by atoms with Crippen LogP contribution in [-0.4, -0.2) is 77.0 Å². The fourth-order valence-electron chi connectivity index (χ4n) is 6.83. The Kier molecular flexibility index (Phi) is 9.66. The van der Waals surface area contributed by atoms with E-state index >= 15 is 0 Å². The molecule has 9 heteroatoms. The van der Waals surface area contributed by atoms with Gasteiger partial charge in [0.05, 0.1) is 16.2 Å². The van der Waals surface area contributed by atoms with Crippen molar-refractivity contribution in [3.8, 4) is 6.07 Å². The number of hydrogen-bond acceptors (Lipinski definition) is 8. The van der Waals surface area contributed by atoms with E-state index in [2.05, 4.69) is 95.0 Å². The third-order valence-corrected chi connectivity index (χ3v) is 10.3. The van der Waals surface area contributed by atoms with Crippen molar-refractivity contribution in [2.75, 3.05) is 51.3 Å². The highest BCUT2D eigenvalue weighted by Crippen LogP contribution is 2.38. The summed E-state index contributed by atoms with van der Waals surface area (Å²) >= 11 is 3.67. The van der Waals surface area contributed by atoms with Crippen LogP contribution < -0.4 is 10.4 Å². The Morgan fingerprint density at radius 1 is 1.02 bits per heavy atom. The number of rotatable bonds is 9. The number of aromatic nitrogens is 2. The van der Waals surface area contributed by atoms with Crippen molar-refractivity contribution in [2.24, 2.45) is 5.92 Å². The molecule has 2 aliphatic heterocycles. The van der Waals surface area contributed by atoms with Crippen molar-refractivity contribution in [3.05, 3.63) is 69.7 Å². The van der Waals surface area contributed by atoms with Gasteiger partial charge in [-0.1, -0.05) is 50.1 Å². The van der Waals surface area contributed by atoms with Crippen molar-refractivity contribution in [1.82, 2.24) is 30.1 Å². The summed E-state index contributed by atoms with van der Waals surface area (Å²) in [6.07, 6.45) is 12.2. The molecule has 2 saturated heterocycles. The molecular formula is C34H45BrN8. The lowest BCUT2D eigenvalue weighted by Crippen LogP contribution is -2.47. The molecule has 1 N–H and O–H groups in total. The van der Waals surface area contributed by atoms with Crippen LogP contribution in [-0.2, 0) is 6.54 Å². The number of nitriles is 1. The normalized spacial score (nSPS) is 20.5. The first kappa shape index (κ1) is 30.1. The Morgan fingerprint density at radius 2 is 1.72 bits per heavy atom. The van der Waals surface area contributed by atoms with E-state index in [-0.39, 0.29) is 5.82 Å². The maximum Gasteiger partial charge on any atom is 0.234 e. The Labute approximate surface area is 265 Å². The molecule has 8 nitrogen and oxygen atoms in total. The van der Waals surface area contributed by atoms with Crippen molar-refractivity contribution in [3.63, 3.8) is 0 Å². The standard InChI is InChI=1S/C34H45BrN8/c1-25(42-20-18-40(2)19-21-42)27-14-16-41(17-15-27)24-26-8-10-28(11-9-26)33(29-12-13-29)39-43(30-6-4-3-5-7-30)34-31(35)23-37-32(22-36)38-34/h8-11,23,27,30,39H,1,3-7,12-21,24H2,2H3. The monoisotopic (exact) mass is 644 g/mol. The molecule has 6 rings (SSSR count). The number of nitrogens with one attached hydrogen (secondary N) is 1. The van der Waals surface area contributed by atoms with E-state index in [4.69, 9.17) is 0 Å². The van der Waals surface area contributed by atoms with Gasteiger partial charge in [0.1, 0.15) is 6.07 Å². The van der Waals surface area contributed by atoms with Crippen LogP contribution in [0.3, 0.4) is 0 Å². The van der Waals surface area contributed by atoms with Gasteiger partial charge in [-0.05, 0) is 91.3 Å². The molecule has 4 fully saturated rings. The van der Waals surface area contributed by atoms with E-state index in [0.29, 0.717) is 12.0 Å². The first-order chi connectivity index (χ1) is 21.0. The van der Waals surface area contributed by atoms with Crippen LogP contribution in [0.2, 0.25) is 0 Å². The summed E-state index contributed by atoms with van der Waals surface area (Å²) < 4.78 is 0.802. The van der Waals surface area contributed by atoms with Gasteiger partial charge in [0, 0.05) is 50.5 Å². The highest BCUT2D eigenvalue weighted by Gasteiger charge is 2.29. The van der Waals surface area contributed by atoms with Crippen LogP contribution in [0.25, 0.3) is 5.70 Å². The van der Waals surface area contributed by atoms with Gasteiger partial charge in [-0.25, -0.2) is 4.98 Å². The summed E-state index contributed by atoms with van der Waals surface area (Å²) in [4.78, 5) is 16.3. The van der Waals surface area contributed by atoms with E-state index in [0.717, 1.165) is 81.8 Å². The van der Waals surface area contributed by atoms with E-state index in [1.807, 2.05) is 0 Å². The van der Waals surface area contributed by atoms with Crippen molar-refractivity contribution >= 4 is 27.4 Å². The maximum atomic E-state index is 9.50. The number of benzene rings is 1. The summed E-state index contributed by atoms with van der Waals surface area (Å²) in [6.45, 7) is 12.3. The summed E-state index contributed by atoms with van der Waals surface area (Å²) in [6, 6.07) is 11.6. The van der Waals surface area contributed by atoms with E-state index < -0.39 is 0 Å². The first-order valence-corrected chi connectivity index (χ1v) is 16.9. The van der Waals surface area contributed by atoms with E-state index in [9.17, 15) is 5.26 Å². The zero-order chi connectivity index (χ0) is 29.8. The second-order valence-electron chi connectivity index (χ2n) is 12.8. The molecule has 0 atom stereocenters. The van der Waals surface area contributed by atoms with Crippen LogP contribution >= 0.6 is 15.9 Å². The molecule has 1 aromatic heterocycles. The van der Waals surface area contributed by atoms with E-state index in [1.54, 1.807) is 6.20 Å². The molecule has 3 heterocycles. The number of nitrogens with zero attached hydrogens (tertiary/aromatic N) is 7. The Bertz CT molecular complexity index is 1340. The number of anilines is 1. The molecule has 0 radical (unpaired) electrons. The summed E-state index contributed by atoms with van der Waals surface area (Å²) in [7, 11) is 2.21. The van der Waals surface area contributed by atoms with Gasteiger partial charge in [-0.2, -0.15) is 10.2 Å². The Morgan fingerprint density at radius 3 is 2.37 bits per heavy atom. The highest BCUT2D eigenvalue weighted by atomic mass is 79.9. The summed E-state index contributed by atoms with van der Waals surface area (Å²) in [5, 5.41) is 11.7. The minimum atomic E-state index is 0.193. The minimum absolute atomic E-state index is 0.193. The average Bonchev–Trinajstić information content (AvgIpc) is 3.89. The third-order valence-electron chi connectivity index (χ3n) is 9.70. The molecule has 228 valence electrons. The Balaban J connectivity index is 1.10. The van der Waals surface area contributed by atoms with Gasteiger partial charge >= 0.3 is 0 Å². The largest absolute Gasteiger partial charge is 0.372 e. The van der Waals surface area contributed by atoms with E-state index in [1.165, 1.54) is 60.2 Å². The first-order valence-electron chi connectivity index (χ1n) is 16.1. The number of likely N-dealkylation sites (tertiary alicyclic amines) is 1. The van der Waals surface area contributed by atoms with Gasteiger partial charge in [-0.3, -0.25) is 15.3 Å². The molecule has 1 aromatic carbocycles. The number of likely N-dealkylation sites (N-methyl/N-ethyl adjacent to an activating group) is 1. The molecular weight excluding hydrogens is 600 g/mol. The molecule has 2 aliphatic carbocycles. The molecule has 43 heavy (non-hydrogen) atoms. The Hall–Kier alpha value is -2.93. The second-order valence-corrected chi connectivity index (χ2v) is 13.6. The lowest BCUT2D eigenvalue weighted by Gasteiger charge is -2.40. The van der Waals surface area contributed by atoms with Gasteiger partial charge < -0.3 is 9.80 Å². The van der Waals surface area contributed by atoms with Gasteiger partial charge in [0.15, 0.2) is 5.82 Å².